The average Bonchev–Trinajstić information content (AvgIpc) is 3.20. The summed E-state index contributed by atoms with van der Waals surface area (Å²) < 4.78 is 4.86. The van der Waals surface area contributed by atoms with Gasteiger partial charge < -0.3 is 9.64 Å². The molecule has 0 spiro atoms. The Kier molecular flexibility index (Phi) is 3.50. The van der Waals surface area contributed by atoms with E-state index in [4.69, 9.17) is 4.74 Å². The highest BCUT2D eigenvalue weighted by Crippen LogP contribution is 2.56. The van der Waals surface area contributed by atoms with Gasteiger partial charge in [-0.3, -0.25) is 4.79 Å². The fourth-order valence-electron chi connectivity index (χ4n) is 4.13. The molecule has 3 aliphatic rings. The van der Waals surface area contributed by atoms with Crippen molar-refractivity contribution in [2.24, 2.45) is 17.8 Å². The number of ether oxygens (including phenoxy) is 1. The Morgan fingerprint density at radius 3 is 2.26 bits per heavy atom. The molecule has 1 saturated heterocycles. The van der Waals surface area contributed by atoms with E-state index in [9.17, 15) is 9.59 Å². The Hall–Kier alpha value is -1.06. The molecule has 0 bridgehead atoms. The monoisotopic (exact) mass is 265 g/mol. The van der Waals surface area contributed by atoms with E-state index < -0.39 is 0 Å². The van der Waals surface area contributed by atoms with Crippen molar-refractivity contribution in [1.82, 2.24) is 4.90 Å². The summed E-state index contributed by atoms with van der Waals surface area (Å²) in [6, 6.07) is -0.325. The standard InChI is InChI=1S/C15H23NO3/c1-19-15(18)12-8-4-5-9-16(12)14(17)13-10-6-2-3-7-11(10)13/h10-13H,2-9H2,1H3. The molecule has 1 heterocycles. The number of esters is 1. The Morgan fingerprint density at radius 2 is 1.63 bits per heavy atom. The van der Waals surface area contributed by atoms with Crippen LogP contribution in [0.15, 0.2) is 0 Å². The number of methoxy groups -OCH3 is 1. The Balaban J connectivity index is 1.69. The molecule has 2 aliphatic carbocycles. The van der Waals surface area contributed by atoms with E-state index in [1.165, 1.54) is 32.8 Å². The van der Waals surface area contributed by atoms with Gasteiger partial charge in [0, 0.05) is 12.5 Å². The summed E-state index contributed by atoms with van der Waals surface area (Å²) in [7, 11) is 1.41. The van der Waals surface area contributed by atoms with Crippen LogP contribution in [0.4, 0.5) is 0 Å². The maximum Gasteiger partial charge on any atom is 0.328 e. The molecule has 106 valence electrons. The molecule has 3 unspecified atom stereocenters. The second-order valence-corrected chi connectivity index (χ2v) is 6.20. The first-order valence-corrected chi connectivity index (χ1v) is 7.62. The van der Waals surface area contributed by atoms with E-state index in [0.717, 1.165) is 25.8 Å². The van der Waals surface area contributed by atoms with E-state index in [-0.39, 0.29) is 23.8 Å². The van der Waals surface area contributed by atoms with Gasteiger partial charge in [-0.05, 0) is 43.9 Å². The van der Waals surface area contributed by atoms with Crippen LogP contribution in [0.5, 0.6) is 0 Å². The molecular weight excluding hydrogens is 242 g/mol. The molecule has 3 atom stereocenters. The number of hydrogen-bond acceptors (Lipinski definition) is 3. The lowest BCUT2D eigenvalue weighted by Gasteiger charge is -2.34. The van der Waals surface area contributed by atoms with Crippen molar-refractivity contribution in [1.29, 1.82) is 0 Å². The number of likely N-dealkylation sites (tertiary alicyclic amines) is 1. The van der Waals surface area contributed by atoms with E-state index in [0.29, 0.717) is 11.8 Å². The minimum atomic E-state index is -0.325. The molecule has 0 radical (unpaired) electrons. The molecule has 4 heteroatoms. The average molecular weight is 265 g/mol. The zero-order chi connectivity index (χ0) is 13.4. The molecule has 1 amide bonds. The Labute approximate surface area is 114 Å². The number of amides is 1. The van der Waals surface area contributed by atoms with Gasteiger partial charge in [0.2, 0.25) is 5.91 Å². The van der Waals surface area contributed by atoms with Crippen LogP contribution < -0.4 is 0 Å². The van der Waals surface area contributed by atoms with Crippen molar-refractivity contribution in [3.05, 3.63) is 0 Å². The van der Waals surface area contributed by atoms with Crippen LogP contribution in [0.1, 0.15) is 44.9 Å². The van der Waals surface area contributed by atoms with Crippen molar-refractivity contribution in [2.75, 3.05) is 13.7 Å². The number of rotatable bonds is 2. The number of nitrogens with zero attached hydrogens (tertiary/aromatic N) is 1. The molecule has 3 fully saturated rings. The zero-order valence-corrected chi connectivity index (χ0v) is 11.6. The first-order valence-electron chi connectivity index (χ1n) is 7.62. The second kappa shape index (κ2) is 5.14. The third kappa shape index (κ3) is 2.26. The third-order valence-electron chi connectivity index (χ3n) is 5.20. The summed E-state index contributed by atoms with van der Waals surface area (Å²) in [5.74, 6) is 1.43. The molecule has 3 rings (SSSR count). The van der Waals surface area contributed by atoms with Crippen molar-refractivity contribution in [2.45, 2.75) is 51.0 Å². The Morgan fingerprint density at radius 1 is 1.00 bits per heavy atom. The van der Waals surface area contributed by atoms with Crippen molar-refractivity contribution < 1.29 is 14.3 Å². The van der Waals surface area contributed by atoms with Gasteiger partial charge in [-0.2, -0.15) is 0 Å². The number of hydrogen-bond donors (Lipinski definition) is 0. The fraction of sp³-hybridized carbons (Fsp3) is 0.867. The number of fused-ring (bicyclic) bond motifs is 1. The second-order valence-electron chi connectivity index (χ2n) is 6.20. The number of piperidine rings is 1. The van der Waals surface area contributed by atoms with Gasteiger partial charge in [-0.15, -0.1) is 0 Å². The van der Waals surface area contributed by atoms with Crippen LogP contribution in [0.3, 0.4) is 0 Å². The van der Waals surface area contributed by atoms with Gasteiger partial charge >= 0.3 is 5.97 Å². The topological polar surface area (TPSA) is 46.6 Å². The van der Waals surface area contributed by atoms with Crippen molar-refractivity contribution in [3.63, 3.8) is 0 Å². The molecule has 2 saturated carbocycles. The lowest BCUT2D eigenvalue weighted by molar-refractivity contribution is -0.155. The number of carbonyl (C=O) groups is 2. The maximum absolute atomic E-state index is 12.7. The summed E-state index contributed by atoms with van der Waals surface area (Å²) >= 11 is 0. The highest BCUT2D eigenvalue weighted by atomic mass is 16.5. The van der Waals surface area contributed by atoms with Gasteiger partial charge in [0.25, 0.3) is 0 Å². The molecule has 19 heavy (non-hydrogen) atoms. The van der Waals surface area contributed by atoms with Crippen LogP contribution >= 0.6 is 0 Å². The third-order valence-corrected chi connectivity index (χ3v) is 5.20. The fourth-order valence-corrected chi connectivity index (χ4v) is 4.13. The highest BCUT2D eigenvalue weighted by molar-refractivity contribution is 5.88. The first kappa shape index (κ1) is 12.9. The highest BCUT2D eigenvalue weighted by Gasteiger charge is 2.56. The zero-order valence-electron chi connectivity index (χ0n) is 11.6. The van der Waals surface area contributed by atoms with Gasteiger partial charge in [0.05, 0.1) is 7.11 Å². The summed E-state index contributed by atoms with van der Waals surface area (Å²) in [6.07, 6.45) is 7.75. The van der Waals surface area contributed by atoms with E-state index in [1.807, 2.05) is 4.90 Å². The summed E-state index contributed by atoms with van der Waals surface area (Å²) in [4.78, 5) is 26.3. The van der Waals surface area contributed by atoms with Crippen LogP contribution in [-0.4, -0.2) is 36.5 Å². The normalized spacial score (nSPS) is 37.4. The van der Waals surface area contributed by atoms with Crippen molar-refractivity contribution >= 4 is 11.9 Å². The van der Waals surface area contributed by atoms with Gasteiger partial charge in [0.1, 0.15) is 6.04 Å². The van der Waals surface area contributed by atoms with Crippen LogP contribution in [0.2, 0.25) is 0 Å². The van der Waals surface area contributed by atoms with Crippen molar-refractivity contribution in [3.8, 4) is 0 Å². The van der Waals surface area contributed by atoms with Gasteiger partial charge in [0.15, 0.2) is 0 Å². The predicted octanol–water partition coefficient (Wildman–Crippen LogP) is 1.98. The first-order chi connectivity index (χ1) is 9.24. The Bertz CT molecular complexity index is 370. The summed E-state index contributed by atoms with van der Waals surface area (Å²) in [5.41, 5.74) is 0. The molecule has 0 aromatic carbocycles. The maximum atomic E-state index is 12.7. The quantitative estimate of drug-likeness (QED) is 0.717. The molecule has 4 nitrogen and oxygen atoms in total. The molecule has 0 N–H and O–H groups in total. The van der Waals surface area contributed by atoms with Gasteiger partial charge in [-0.25, -0.2) is 4.79 Å². The van der Waals surface area contributed by atoms with E-state index in [1.54, 1.807) is 0 Å². The smallest absolute Gasteiger partial charge is 0.328 e. The van der Waals surface area contributed by atoms with E-state index >= 15 is 0 Å². The number of carbonyl (C=O) groups excluding carboxylic acids is 2. The van der Waals surface area contributed by atoms with Crippen LogP contribution in [0, 0.1) is 17.8 Å². The van der Waals surface area contributed by atoms with Crippen LogP contribution in [-0.2, 0) is 14.3 Å². The van der Waals surface area contributed by atoms with E-state index in [2.05, 4.69) is 0 Å². The largest absolute Gasteiger partial charge is 0.467 e. The molecule has 0 aromatic rings. The van der Waals surface area contributed by atoms with Crippen LogP contribution in [0.25, 0.3) is 0 Å². The predicted molar refractivity (Wildman–Crippen MR) is 70.3 cm³/mol. The molecule has 0 aromatic heterocycles. The molecule has 1 aliphatic heterocycles. The SMILES string of the molecule is COC(=O)C1CCCCN1C(=O)C1C2CCCCC21. The lowest BCUT2D eigenvalue weighted by atomic mass is 10.0. The molecular formula is C15H23NO3. The summed E-state index contributed by atoms with van der Waals surface area (Å²) in [5, 5.41) is 0. The minimum absolute atomic E-state index is 0.216. The van der Waals surface area contributed by atoms with Gasteiger partial charge in [-0.1, -0.05) is 12.8 Å². The lowest BCUT2D eigenvalue weighted by Crippen LogP contribution is -2.49. The summed E-state index contributed by atoms with van der Waals surface area (Å²) in [6.45, 7) is 0.731. The minimum Gasteiger partial charge on any atom is -0.467 e.